The molecule has 0 bridgehead atoms. The summed E-state index contributed by atoms with van der Waals surface area (Å²) in [5, 5.41) is 2.92. The van der Waals surface area contributed by atoms with Crippen LogP contribution in [0.5, 0.6) is 0 Å². The van der Waals surface area contributed by atoms with E-state index >= 15 is 0 Å². The summed E-state index contributed by atoms with van der Waals surface area (Å²) in [6.45, 7) is 2.97. The van der Waals surface area contributed by atoms with Crippen LogP contribution in [0.2, 0.25) is 0 Å². The number of likely N-dealkylation sites (N-methyl/N-ethyl adjacent to an activating group) is 1. The molecule has 0 aromatic carbocycles. The van der Waals surface area contributed by atoms with Gasteiger partial charge >= 0.3 is 12.1 Å². The fourth-order valence-electron chi connectivity index (χ4n) is 2.28. The average Bonchev–Trinajstić information content (AvgIpc) is 2.38. The van der Waals surface area contributed by atoms with Gasteiger partial charge in [0.05, 0.1) is 13.7 Å². The minimum absolute atomic E-state index is 0.348. The van der Waals surface area contributed by atoms with Crippen LogP contribution in [0.4, 0.5) is 13.2 Å². The van der Waals surface area contributed by atoms with E-state index in [0.717, 1.165) is 0 Å². The molecular weight excluding hydrogens is 275 g/mol. The molecule has 20 heavy (non-hydrogen) atoms. The molecule has 0 saturated carbocycles. The SMILES string of the molecule is CNC(C)(CN1CCN(CC(F)(F)F)CC1)C(=O)OC. The Morgan fingerprint density at radius 1 is 1.15 bits per heavy atom. The fraction of sp³-hybridized carbons (Fsp3) is 0.917. The molecule has 0 aliphatic carbocycles. The lowest BCUT2D eigenvalue weighted by atomic mass is 10.0. The molecule has 1 atom stereocenters. The van der Waals surface area contributed by atoms with E-state index in [0.29, 0.717) is 32.7 Å². The van der Waals surface area contributed by atoms with Gasteiger partial charge in [0.1, 0.15) is 5.54 Å². The summed E-state index contributed by atoms with van der Waals surface area (Å²) in [5.41, 5.74) is -0.846. The molecule has 0 radical (unpaired) electrons. The summed E-state index contributed by atoms with van der Waals surface area (Å²) in [5.74, 6) is -0.377. The van der Waals surface area contributed by atoms with Crippen LogP contribution in [-0.4, -0.2) is 80.9 Å². The van der Waals surface area contributed by atoms with E-state index in [4.69, 9.17) is 4.74 Å². The summed E-state index contributed by atoms with van der Waals surface area (Å²) in [7, 11) is 2.98. The lowest BCUT2D eigenvalue weighted by molar-refractivity contribution is -0.151. The smallest absolute Gasteiger partial charge is 0.401 e. The van der Waals surface area contributed by atoms with Crippen LogP contribution in [-0.2, 0) is 9.53 Å². The quantitative estimate of drug-likeness (QED) is 0.740. The van der Waals surface area contributed by atoms with Gasteiger partial charge in [0, 0.05) is 32.7 Å². The van der Waals surface area contributed by atoms with Crippen molar-refractivity contribution >= 4 is 5.97 Å². The minimum atomic E-state index is -4.16. The monoisotopic (exact) mass is 297 g/mol. The molecule has 1 N–H and O–H groups in total. The molecule has 5 nitrogen and oxygen atoms in total. The minimum Gasteiger partial charge on any atom is -0.468 e. The second-order valence-electron chi connectivity index (χ2n) is 5.24. The number of methoxy groups -OCH3 is 1. The van der Waals surface area contributed by atoms with Crippen LogP contribution < -0.4 is 5.32 Å². The number of esters is 1. The highest BCUT2D eigenvalue weighted by molar-refractivity contribution is 5.80. The van der Waals surface area contributed by atoms with Crippen LogP contribution in [0, 0.1) is 0 Å². The van der Waals surface area contributed by atoms with Crippen molar-refractivity contribution in [3.8, 4) is 0 Å². The number of hydrogen-bond acceptors (Lipinski definition) is 5. The van der Waals surface area contributed by atoms with Crippen molar-refractivity contribution in [2.45, 2.75) is 18.6 Å². The number of nitrogens with one attached hydrogen (secondary N) is 1. The highest BCUT2D eigenvalue weighted by Crippen LogP contribution is 2.18. The van der Waals surface area contributed by atoms with Gasteiger partial charge in [0.25, 0.3) is 0 Å². The maximum Gasteiger partial charge on any atom is 0.401 e. The molecule has 0 spiro atoms. The number of halogens is 3. The zero-order chi connectivity index (χ0) is 15.4. The number of rotatable bonds is 5. The molecule has 0 amide bonds. The molecular formula is C12H22F3N3O2. The number of alkyl halides is 3. The number of ether oxygens (including phenoxy) is 1. The van der Waals surface area contributed by atoms with Crippen molar-refractivity contribution in [2.24, 2.45) is 0 Å². The zero-order valence-corrected chi connectivity index (χ0v) is 12.1. The lowest BCUT2D eigenvalue weighted by Crippen LogP contribution is -2.59. The molecule has 1 aliphatic heterocycles. The van der Waals surface area contributed by atoms with Gasteiger partial charge < -0.3 is 10.1 Å². The number of carbonyl (C=O) groups is 1. The summed E-state index contributed by atoms with van der Waals surface area (Å²) in [6.07, 6.45) is -4.16. The first-order valence-electron chi connectivity index (χ1n) is 6.49. The number of carbonyl (C=O) groups excluding carboxylic acids is 1. The van der Waals surface area contributed by atoms with Gasteiger partial charge in [-0.25, -0.2) is 0 Å². The van der Waals surface area contributed by atoms with Crippen molar-refractivity contribution in [1.82, 2.24) is 15.1 Å². The summed E-state index contributed by atoms with van der Waals surface area (Å²) >= 11 is 0. The first kappa shape index (κ1) is 17.2. The number of hydrogen-bond donors (Lipinski definition) is 1. The summed E-state index contributed by atoms with van der Waals surface area (Å²) < 4.78 is 41.6. The molecule has 1 rings (SSSR count). The van der Waals surface area contributed by atoms with Crippen molar-refractivity contribution < 1.29 is 22.7 Å². The molecule has 1 unspecified atom stereocenters. The zero-order valence-electron chi connectivity index (χ0n) is 12.1. The number of piperazine rings is 1. The van der Waals surface area contributed by atoms with E-state index in [9.17, 15) is 18.0 Å². The predicted molar refractivity (Wildman–Crippen MR) is 68.4 cm³/mol. The normalized spacial score (nSPS) is 21.5. The van der Waals surface area contributed by atoms with Gasteiger partial charge in [0.15, 0.2) is 0 Å². The van der Waals surface area contributed by atoms with E-state index in [1.807, 2.05) is 4.90 Å². The third-order valence-corrected chi connectivity index (χ3v) is 3.60. The second-order valence-corrected chi connectivity index (χ2v) is 5.24. The Balaban J connectivity index is 2.47. The molecule has 118 valence electrons. The second kappa shape index (κ2) is 6.73. The van der Waals surface area contributed by atoms with Crippen LogP contribution in [0.3, 0.4) is 0 Å². The van der Waals surface area contributed by atoms with Gasteiger partial charge in [-0.1, -0.05) is 0 Å². The Morgan fingerprint density at radius 2 is 1.60 bits per heavy atom. The topological polar surface area (TPSA) is 44.8 Å². The third-order valence-electron chi connectivity index (χ3n) is 3.60. The van der Waals surface area contributed by atoms with Gasteiger partial charge in [-0.3, -0.25) is 14.6 Å². The maximum absolute atomic E-state index is 12.3. The van der Waals surface area contributed by atoms with Gasteiger partial charge in [-0.15, -0.1) is 0 Å². The van der Waals surface area contributed by atoms with E-state index in [1.165, 1.54) is 12.0 Å². The van der Waals surface area contributed by atoms with Crippen molar-refractivity contribution in [3.63, 3.8) is 0 Å². The Kier molecular flexibility index (Phi) is 5.79. The van der Waals surface area contributed by atoms with Crippen LogP contribution >= 0.6 is 0 Å². The Hall–Kier alpha value is -0.860. The van der Waals surface area contributed by atoms with E-state index in [2.05, 4.69) is 5.32 Å². The largest absolute Gasteiger partial charge is 0.468 e. The van der Waals surface area contributed by atoms with Crippen LogP contribution in [0.1, 0.15) is 6.92 Å². The molecule has 1 heterocycles. The highest BCUT2D eigenvalue weighted by Gasteiger charge is 2.37. The molecule has 0 aromatic rings. The Labute approximate surface area is 117 Å². The van der Waals surface area contributed by atoms with Crippen molar-refractivity contribution in [3.05, 3.63) is 0 Å². The first-order valence-corrected chi connectivity index (χ1v) is 6.49. The van der Waals surface area contributed by atoms with Crippen molar-refractivity contribution in [2.75, 3.05) is 53.4 Å². The van der Waals surface area contributed by atoms with E-state index in [1.54, 1.807) is 14.0 Å². The summed E-state index contributed by atoms with van der Waals surface area (Å²) in [6, 6.07) is 0. The number of nitrogens with zero attached hydrogens (tertiary/aromatic N) is 2. The molecule has 8 heteroatoms. The fourth-order valence-corrected chi connectivity index (χ4v) is 2.28. The van der Waals surface area contributed by atoms with Crippen LogP contribution in [0.15, 0.2) is 0 Å². The van der Waals surface area contributed by atoms with Gasteiger partial charge in [-0.2, -0.15) is 13.2 Å². The van der Waals surface area contributed by atoms with Gasteiger partial charge in [0.2, 0.25) is 0 Å². The first-order chi connectivity index (χ1) is 9.20. The van der Waals surface area contributed by atoms with Crippen molar-refractivity contribution in [1.29, 1.82) is 0 Å². The standard InChI is InChI=1S/C12H22F3N3O2/c1-11(16-2,10(19)20-3)8-17-4-6-18(7-5-17)9-12(13,14)15/h16H,4-9H2,1-3H3. The summed E-state index contributed by atoms with van der Waals surface area (Å²) in [4.78, 5) is 15.1. The average molecular weight is 297 g/mol. The predicted octanol–water partition coefficient (Wildman–Crippen LogP) is 0.317. The molecule has 0 aromatic heterocycles. The lowest BCUT2D eigenvalue weighted by Gasteiger charge is -2.39. The Bertz CT molecular complexity index is 330. The van der Waals surface area contributed by atoms with Crippen LogP contribution in [0.25, 0.3) is 0 Å². The van der Waals surface area contributed by atoms with E-state index < -0.39 is 18.3 Å². The third kappa shape index (κ3) is 4.92. The van der Waals surface area contributed by atoms with Gasteiger partial charge in [-0.05, 0) is 14.0 Å². The highest BCUT2D eigenvalue weighted by atomic mass is 19.4. The maximum atomic E-state index is 12.3. The molecule has 1 fully saturated rings. The molecule has 1 saturated heterocycles. The molecule has 1 aliphatic rings. The Morgan fingerprint density at radius 3 is 1.95 bits per heavy atom. The van der Waals surface area contributed by atoms with E-state index in [-0.39, 0.29) is 5.97 Å².